The van der Waals surface area contributed by atoms with Gasteiger partial charge in [0.05, 0.1) is 6.61 Å². The van der Waals surface area contributed by atoms with Gasteiger partial charge in [0, 0.05) is 17.5 Å². The van der Waals surface area contributed by atoms with Crippen molar-refractivity contribution in [2.45, 2.75) is 58.0 Å². The van der Waals surface area contributed by atoms with E-state index in [0.717, 1.165) is 17.5 Å². The average molecular weight is 388 g/mol. The first-order valence-electron chi connectivity index (χ1n) is 9.87. The van der Waals surface area contributed by atoms with E-state index in [-0.39, 0.29) is 13.0 Å². The van der Waals surface area contributed by atoms with Crippen LogP contribution in [0.4, 0.5) is 13.2 Å². The zero-order chi connectivity index (χ0) is 20.2. The zero-order valence-corrected chi connectivity index (χ0v) is 16.3. The van der Waals surface area contributed by atoms with Crippen molar-refractivity contribution in [2.24, 2.45) is 0 Å². The molecule has 2 rings (SSSR count). The Hall–Kier alpha value is -2.41. The van der Waals surface area contributed by atoms with Crippen molar-refractivity contribution >= 4 is 0 Å². The van der Waals surface area contributed by atoms with Gasteiger partial charge in [-0.15, -0.1) is 0 Å². The second kappa shape index (κ2) is 11.4. The number of ether oxygens (including phenoxy) is 1. The van der Waals surface area contributed by atoms with E-state index in [1.807, 2.05) is 24.3 Å². The van der Waals surface area contributed by atoms with Crippen LogP contribution in [0.2, 0.25) is 0 Å². The molecule has 28 heavy (non-hydrogen) atoms. The fourth-order valence-corrected chi connectivity index (χ4v) is 2.75. The van der Waals surface area contributed by atoms with Gasteiger partial charge >= 0.3 is 6.18 Å². The van der Waals surface area contributed by atoms with Gasteiger partial charge in [-0.3, -0.25) is 0 Å². The maximum absolute atomic E-state index is 12.1. The number of aryl methyl sites for hydroxylation is 1. The number of alkyl halides is 3. The first-order valence-corrected chi connectivity index (χ1v) is 9.87. The van der Waals surface area contributed by atoms with Crippen LogP contribution in [-0.2, 0) is 6.42 Å². The lowest BCUT2D eigenvalue weighted by Crippen LogP contribution is -2.09. The Labute approximate surface area is 165 Å². The summed E-state index contributed by atoms with van der Waals surface area (Å²) in [6, 6.07) is 15.4. The molecule has 0 unspecified atom stereocenters. The third kappa shape index (κ3) is 8.99. The molecule has 0 spiro atoms. The summed E-state index contributed by atoms with van der Waals surface area (Å²) in [5.74, 6) is 6.79. The third-order valence-corrected chi connectivity index (χ3v) is 4.35. The minimum atomic E-state index is -4.13. The first kappa shape index (κ1) is 21.9. The van der Waals surface area contributed by atoms with E-state index in [2.05, 4.69) is 30.9 Å². The summed E-state index contributed by atoms with van der Waals surface area (Å²) in [7, 11) is 0. The molecule has 0 heterocycles. The van der Waals surface area contributed by atoms with E-state index in [9.17, 15) is 13.2 Å². The molecule has 2 aromatic rings. The molecule has 0 aromatic heterocycles. The SMILES string of the molecule is CCCCCCc1ccc(C#Cc2ccc(OCCCC(F)(F)F)cc2)cc1. The summed E-state index contributed by atoms with van der Waals surface area (Å²) in [6.07, 6.45) is 1.16. The average Bonchev–Trinajstić information content (AvgIpc) is 2.68. The molecule has 0 atom stereocenters. The minimum Gasteiger partial charge on any atom is -0.494 e. The number of hydrogen-bond acceptors (Lipinski definition) is 1. The van der Waals surface area contributed by atoms with Gasteiger partial charge < -0.3 is 4.74 Å². The van der Waals surface area contributed by atoms with Gasteiger partial charge in [-0.05, 0) is 61.2 Å². The molecule has 0 fully saturated rings. The highest BCUT2D eigenvalue weighted by molar-refractivity contribution is 5.44. The maximum Gasteiger partial charge on any atom is 0.389 e. The molecule has 0 N–H and O–H groups in total. The van der Waals surface area contributed by atoms with Crippen LogP contribution in [0.5, 0.6) is 5.75 Å². The number of unbranched alkanes of at least 4 members (excludes halogenated alkanes) is 3. The van der Waals surface area contributed by atoms with Gasteiger partial charge in [-0.1, -0.05) is 50.2 Å². The van der Waals surface area contributed by atoms with Crippen LogP contribution in [0.1, 0.15) is 62.1 Å². The second-order valence-electron chi connectivity index (χ2n) is 6.85. The standard InChI is InChI=1S/C24H27F3O/c1-2-3-4-5-7-20-8-10-21(11-9-20)12-13-22-14-16-23(17-15-22)28-19-6-18-24(25,26)27/h8-11,14-17H,2-7,18-19H2,1H3. The van der Waals surface area contributed by atoms with Gasteiger partial charge in [0.15, 0.2) is 0 Å². The number of hydrogen-bond donors (Lipinski definition) is 0. The van der Waals surface area contributed by atoms with Crippen molar-refractivity contribution in [1.82, 2.24) is 0 Å². The molecule has 0 bridgehead atoms. The van der Waals surface area contributed by atoms with E-state index in [1.165, 1.54) is 31.2 Å². The van der Waals surface area contributed by atoms with Crippen LogP contribution in [0.3, 0.4) is 0 Å². The first-order chi connectivity index (χ1) is 13.5. The van der Waals surface area contributed by atoms with E-state index < -0.39 is 12.6 Å². The molecule has 0 aliphatic rings. The highest BCUT2D eigenvalue weighted by atomic mass is 19.4. The highest BCUT2D eigenvalue weighted by Crippen LogP contribution is 2.21. The van der Waals surface area contributed by atoms with E-state index >= 15 is 0 Å². The normalized spacial score (nSPS) is 11.0. The Bertz CT molecular complexity index is 750. The van der Waals surface area contributed by atoms with Crippen molar-refractivity contribution in [2.75, 3.05) is 6.61 Å². The van der Waals surface area contributed by atoms with Crippen molar-refractivity contribution in [3.05, 3.63) is 65.2 Å². The molecule has 0 radical (unpaired) electrons. The summed E-state index contributed by atoms with van der Waals surface area (Å²) < 4.78 is 41.6. The molecule has 150 valence electrons. The third-order valence-electron chi connectivity index (χ3n) is 4.35. The fourth-order valence-electron chi connectivity index (χ4n) is 2.75. The molecule has 0 saturated carbocycles. The van der Waals surface area contributed by atoms with Gasteiger partial charge in [0.25, 0.3) is 0 Å². The summed E-state index contributed by atoms with van der Waals surface area (Å²) in [4.78, 5) is 0. The number of benzene rings is 2. The lowest BCUT2D eigenvalue weighted by molar-refractivity contribution is -0.136. The van der Waals surface area contributed by atoms with Crippen molar-refractivity contribution < 1.29 is 17.9 Å². The van der Waals surface area contributed by atoms with Crippen LogP contribution in [0.25, 0.3) is 0 Å². The highest BCUT2D eigenvalue weighted by Gasteiger charge is 2.26. The molecule has 0 aliphatic carbocycles. The smallest absolute Gasteiger partial charge is 0.389 e. The quantitative estimate of drug-likeness (QED) is 0.334. The van der Waals surface area contributed by atoms with Crippen LogP contribution in [-0.4, -0.2) is 12.8 Å². The summed E-state index contributed by atoms with van der Waals surface area (Å²) in [6.45, 7) is 2.27. The Morgan fingerprint density at radius 3 is 1.96 bits per heavy atom. The maximum atomic E-state index is 12.1. The molecule has 0 saturated heterocycles. The molecule has 2 aromatic carbocycles. The summed E-state index contributed by atoms with van der Waals surface area (Å²) >= 11 is 0. The van der Waals surface area contributed by atoms with Gasteiger partial charge in [0.2, 0.25) is 0 Å². The number of halogens is 3. The Morgan fingerprint density at radius 2 is 1.39 bits per heavy atom. The zero-order valence-electron chi connectivity index (χ0n) is 16.3. The lowest BCUT2D eigenvalue weighted by Gasteiger charge is -2.08. The lowest BCUT2D eigenvalue weighted by atomic mass is 10.0. The van der Waals surface area contributed by atoms with Crippen LogP contribution in [0.15, 0.2) is 48.5 Å². The monoisotopic (exact) mass is 388 g/mol. The largest absolute Gasteiger partial charge is 0.494 e. The van der Waals surface area contributed by atoms with Gasteiger partial charge in [-0.25, -0.2) is 0 Å². The van der Waals surface area contributed by atoms with Crippen LogP contribution >= 0.6 is 0 Å². The Balaban J connectivity index is 1.80. The van der Waals surface area contributed by atoms with Gasteiger partial charge in [-0.2, -0.15) is 13.2 Å². The molecular formula is C24H27F3O. The second-order valence-corrected chi connectivity index (χ2v) is 6.85. The van der Waals surface area contributed by atoms with Crippen LogP contribution in [0, 0.1) is 11.8 Å². The molecule has 0 amide bonds. The number of rotatable bonds is 9. The van der Waals surface area contributed by atoms with Crippen LogP contribution < -0.4 is 4.74 Å². The van der Waals surface area contributed by atoms with Gasteiger partial charge in [0.1, 0.15) is 5.75 Å². The topological polar surface area (TPSA) is 9.23 Å². The molecule has 0 aliphatic heterocycles. The van der Waals surface area contributed by atoms with E-state index in [0.29, 0.717) is 5.75 Å². The fraction of sp³-hybridized carbons (Fsp3) is 0.417. The minimum absolute atomic E-state index is 0.0420. The van der Waals surface area contributed by atoms with Crippen molar-refractivity contribution in [1.29, 1.82) is 0 Å². The molecular weight excluding hydrogens is 361 g/mol. The Kier molecular flexibility index (Phi) is 8.94. The summed E-state index contributed by atoms with van der Waals surface area (Å²) in [5, 5.41) is 0. The predicted octanol–water partition coefficient (Wildman–Crippen LogP) is 6.93. The predicted molar refractivity (Wildman–Crippen MR) is 107 cm³/mol. The van der Waals surface area contributed by atoms with Crippen molar-refractivity contribution in [3.63, 3.8) is 0 Å². The molecule has 4 heteroatoms. The molecule has 1 nitrogen and oxygen atoms in total. The Morgan fingerprint density at radius 1 is 0.786 bits per heavy atom. The van der Waals surface area contributed by atoms with Crippen molar-refractivity contribution in [3.8, 4) is 17.6 Å². The summed E-state index contributed by atoms with van der Waals surface area (Å²) in [5.41, 5.74) is 3.14. The van der Waals surface area contributed by atoms with E-state index in [4.69, 9.17) is 4.74 Å². The van der Waals surface area contributed by atoms with E-state index in [1.54, 1.807) is 12.1 Å².